The van der Waals surface area contributed by atoms with Crippen molar-refractivity contribution in [2.24, 2.45) is 0 Å². The van der Waals surface area contributed by atoms with Crippen molar-refractivity contribution in [2.75, 3.05) is 33.4 Å². The molecule has 0 fully saturated rings. The largest absolute Gasteiger partial charge is 0.508 e. The number of carbonyl (C=O) groups is 2. The van der Waals surface area contributed by atoms with Crippen molar-refractivity contribution < 1.29 is 28.9 Å². The lowest BCUT2D eigenvalue weighted by Gasteiger charge is -2.20. The Morgan fingerprint density at radius 2 is 1.63 bits per heavy atom. The molecule has 0 saturated carbocycles. The Balaban J connectivity index is 1.78. The molecule has 38 heavy (non-hydrogen) atoms. The van der Waals surface area contributed by atoms with Crippen LogP contribution in [0.1, 0.15) is 40.9 Å². The highest BCUT2D eigenvalue weighted by molar-refractivity contribution is 5.97. The third kappa shape index (κ3) is 5.89. The van der Waals surface area contributed by atoms with Crippen LogP contribution in [0.3, 0.4) is 0 Å². The van der Waals surface area contributed by atoms with E-state index in [4.69, 9.17) is 14.2 Å². The van der Waals surface area contributed by atoms with E-state index in [9.17, 15) is 14.7 Å². The fourth-order valence-corrected chi connectivity index (χ4v) is 4.78. The first-order valence-corrected chi connectivity index (χ1v) is 12.8. The fourth-order valence-electron chi connectivity index (χ4n) is 4.78. The summed E-state index contributed by atoms with van der Waals surface area (Å²) in [4.78, 5) is 25.0. The first-order valence-electron chi connectivity index (χ1n) is 12.8. The van der Waals surface area contributed by atoms with Gasteiger partial charge in [0.1, 0.15) is 24.7 Å². The molecule has 0 aromatic heterocycles. The van der Waals surface area contributed by atoms with Gasteiger partial charge in [-0.1, -0.05) is 44.2 Å². The number of ether oxygens (including phenoxy) is 3. The van der Waals surface area contributed by atoms with Crippen molar-refractivity contribution in [3.05, 3.63) is 82.9 Å². The average Bonchev–Trinajstić information content (AvgIpc) is 2.95. The van der Waals surface area contributed by atoms with Crippen LogP contribution >= 0.6 is 0 Å². The lowest BCUT2D eigenvalue weighted by molar-refractivity contribution is -0.129. The van der Waals surface area contributed by atoms with E-state index in [-0.39, 0.29) is 12.4 Å². The predicted octanol–water partition coefficient (Wildman–Crippen LogP) is 5.47. The maximum absolute atomic E-state index is 12.1. The van der Waals surface area contributed by atoms with Gasteiger partial charge in [-0.05, 0) is 70.5 Å². The molecule has 0 saturated heterocycles. The van der Waals surface area contributed by atoms with Gasteiger partial charge >= 0.3 is 5.97 Å². The summed E-state index contributed by atoms with van der Waals surface area (Å²) in [5.74, 6) is 0.517. The van der Waals surface area contributed by atoms with Gasteiger partial charge in [-0.2, -0.15) is 0 Å². The quantitative estimate of drug-likeness (QED) is 0.198. The Kier molecular flexibility index (Phi) is 8.81. The highest BCUT2D eigenvalue weighted by Gasteiger charge is 2.17. The van der Waals surface area contributed by atoms with Crippen LogP contribution in [0.25, 0.3) is 21.5 Å². The molecule has 0 heterocycles. The van der Waals surface area contributed by atoms with Crippen LogP contribution in [0.2, 0.25) is 0 Å². The van der Waals surface area contributed by atoms with Crippen LogP contribution in [0.15, 0.2) is 60.7 Å². The number of phenolic OH excluding ortho intramolecular Hbond substituents is 1. The average molecular weight is 516 g/mol. The van der Waals surface area contributed by atoms with Crippen molar-refractivity contribution >= 4 is 34.0 Å². The van der Waals surface area contributed by atoms with Crippen LogP contribution < -0.4 is 4.74 Å². The van der Waals surface area contributed by atoms with Gasteiger partial charge in [0, 0.05) is 24.1 Å². The van der Waals surface area contributed by atoms with E-state index in [1.165, 1.54) is 7.11 Å². The lowest BCUT2D eigenvalue weighted by atomic mass is 9.92. The third-order valence-corrected chi connectivity index (χ3v) is 6.91. The Morgan fingerprint density at radius 1 is 0.921 bits per heavy atom. The van der Waals surface area contributed by atoms with Crippen LogP contribution in [-0.4, -0.2) is 55.8 Å². The van der Waals surface area contributed by atoms with Gasteiger partial charge in [0.2, 0.25) is 0 Å². The highest BCUT2D eigenvalue weighted by atomic mass is 16.5. The first-order chi connectivity index (χ1) is 18.5. The molecule has 0 bridgehead atoms. The van der Waals surface area contributed by atoms with Crippen LogP contribution in [0, 0.1) is 0 Å². The van der Waals surface area contributed by atoms with Crippen LogP contribution in [0.5, 0.6) is 11.5 Å². The molecule has 4 rings (SSSR count). The van der Waals surface area contributed by atoms with Gasteiger partial charge < -0.3 is 24.2 Å². The minimum Gasteiger partial charge on any atom is -0.508 e. The normalized spacial score (nSPS) is 11.2. The Bertz CT molecular complexity index is 1440. The third-order valence-electron chi connectivity index (χ3n) is 6.91. The van der Waals surface area contributed by atoms with E-state index in [2.05, 4.69) is 18.7 Å². The van der Waals surface area contributed by atoms with Crippen molar-refractivity contribution in [1.29, 1.82) is 0 Å². The number of nitrogens with zero attached hydrogens (tertiary/aromatic N) is 1. The number of likely N-dealkylation sites (N-methyl/N-ethyl adjacent to an activating group) is 1. The molecule has 0 aliphatic heterocycles. The Labute approximate surface area is 222 Å². The molecule has 4 aromatic carbocycles. The Morgan fingerprint density at radius 3 is 2.37 bits per heavy atom. The number of hydrogen-bond acceptors (Lipinski definition) is 7. The lowest BCUT2D eigenvalue weighted by Crippen LogP contribution is -2.28. The standard InChI is InChI=1S/C31H33NO6/c1-4-32(5-2)14-15-38-30-13-9-22-16-21(19-37-20-33)6-10-26(22)28(30)18-27-25-11-7-24(31(35)36-3)17-23(25)8-12-29(27)34/h6-13,16-17,20,34H,4-5,14-15,18-19H2,1-3H3. The van der Waals surface area contributed by atoms with E-state index >= 15 is 0 Å². The zero-order chi connectivity index (χ0) is 27.1. The molecule has 0 spiro atoms. The topological polar surface area (TPSA) is 85.3 Å². The SMILES string of the molecule is CCN(CC)CCOc1ccc2cc(COC=O)ccc2c1Cc1c(O)ccc2cc(C(=O)OC)ccc12. The van der Waals surface area contributed by atoms with Gasteiger partial charge in [-0.15, -0.1) is 0 Å². The van der Waals surface area contributed by atoms with E-state index in [0.717, 1.165) is 63.6 Å². The number of fused-ring (bicyclic) bond motifs is 2. The number of methoxy groups -OCH3 is 1. The number of aromatic hydroxyl groups is 1. The number of esters is 1. The summed E-state index contributed by atoms with van der Waals surface area (Å²) >= 11 is 0. The first kappa shape index (κ1) is 26.9. The van der Waals surface area contributed by atoms with Crippen molar-refractivity contribution in [3.63, 3.8) is 0 Å². The molecule has 0 aliphatic rings. The maximum Gasteiger partial charge on any atom is 0.337 e. The summed E-state index contributed by atoms with van der Waals surface area (Å²) in [5.41, 5.74) is 3.03. The molecule has 0 atom stereocenters. The zero-order valence-electron chi connectivity index (χ0n) is 22.0. The zero-order valence-corrected chi connectivity index (χ0v) is 22.0. The number of hydrogen-bond donors (Lipinski definition) is 1. The summed E-state index contributed by atoms with van der Waals surface area (Å²) in [6.07, 6.45) is 0.420. The molecule has 198 valence electrons. The molecule has 7 nitrogen and oxygen atoms in total. The monoisotopic (exact) mass is 515 g/mol. The minimum atomic E-state index is -0.408. The molecular weight excluding hydrogens is 482 g/mol. The van der Waals surface area contributed by atoms with Crippen molar-refractivity contribution in [2.45, 2.75) is 26.9 Å². The number of carbonyl (C=O) groups excluding carboxylic acids is 2. The van der Waals surface area contributed by atoms with E-state index in [1.807, 2.05) is 36.4 Å². The summed E-state index contributed by atoms with van der Waals surface area (Å²) in [5, 5.41) is 14.6. The second-order valence-corrected chi connectivity index (χ2v) is 9.05. The minimum absolute atomic E-state index is 0.172. The number of rotatable bonds is 12. The molecule has 7 heteroatoms. The van der Waals surface area contributed by atoms with E-state index < -0.39 is 5.97 Å². The molecular formula is C31H33NO6. The van der Waals surface area contributed by atoms with Gasteiger partial charge in [0.05, 0.1) is 12.7 Å². The molecule has 0 radical (unpaired) electrons. The maximum atomic E-state index is 12.1. The van der Waals surface area contributed by atoms with Crippen LogP contribution in [-0.2, 0) is 27.3 Å². The number of benzene rings is 4. The molecule has 4 aromatic rings. The summed E-state index contributed by atoms with van der Waals surface area (Å²) in [6.45, 7) is 8.15. The van der Waals surface area contributed by atoms with E-state index in [0.29, 0.717) is 25.1 Å². The molecule has 0 amide bonds. The molecule has 1 N–H and O–H groups in total. The van der Waals surface area contributed by atoms with E-state index in [1.54, 1.807) is 24.3 Å². The van der Waals surface area contributed by atoms with Gasteiger partial charge in [-0.25, -0.2) is 4.79 Å². The Hall–Kier alpha value is -4.10. The second kappa shape index (κ2) is 12.4. The summed E-state index contributed by atoms with van der Waals surface area (Å²) in [6, 6.07) is 18.7. The van der Waals surface area contributed by atoms with Gasteiger partial charge in [0.25, 0.3) is 6.47 Å². The molecule has 0 aliphatic carbocycles. The van der Waals surface area contributed by atoms with Gasteiger partial charge in [0.15, 0.2) is 0 Å². The number of phenols is 1. The fraction of sp³-hybridized carbons (Fsp3) is 0.290. The smallest absolute Gasteiger partial charge is 0.337 e. The summed E-state index contributed by atoms with van der Waals surface area (Å²) in [7, 11) is 1.35. The van der Waals surface area contributed by atoms with Crippen molar-refractivity contribution in [3.8, 4) is 11.5 Å². The predicted molar refractivity (Wildman–Crippen MR) is 148 cm³/mol. The summed E-state index contributed by atoms with van der Waals surface area (Å²) < 4.78 is 16.1. The second-order valence-electron chi connectivity index (χ2n) is 9.05. The van der Waals surface area contributed by atoms with Crippen LogP contribution in [0.4, 0.5) is 0 Å². The highest BCUT2D eigenvalue weighted by Crippen LogP contribution is 2.36. The molecule has 0 unspecified atom stereocenters. The van der Waals surface area contributed by atoms with Crippen molar-refractivity contribution in [1.82, 2.24) is 4.90 Å². The van der Waals surface area contributed by atoms with Gasteiger partial charge in [-0.3, -0.25) is 4.79 Å².